The third kappa shape index (κ3) is 6.95. The van der Waals surface area contributed by atoms with Crippen LogP contribution in [0.4, 0.5) is 0 Å². The summed E-state index contributed by atoms with van der Waals surface area (Å²) in [5.41, 5.74) is -0.892. The molecule has 0 radical (unpaired) electrons. The van der Waals surface area contributed by atoms with Gasteiger partial charge >= 0.3 is 5.97 Å². The van der Waals surface area contributed by atoms with E-state index in [1.54, 1.807) is 19.9 Å². The van der Waals surface area contributed by atoms with Crippen LogP contribution in [0.1, 0.15) is 105 Å². The number of hydrogen-bond donors (Lipinski definition) is 6. The smallest absolute Gasteiger partial charge is 0.331 e. The fourth-order valence-electron chi connectivity index (χ4n) is 12.8. The lowest BCUT2D eigenvalue weighted by atomic mass is 9.42. The molecule has 4 heterocycles. The van der Waals surface area contributed by atoms with Crippen LogP contribution in [0.3, 0.4) is 0 Å². The van der Waals surface area contributed by atoms with Gasteiger partial charge in [-0.1, -0.05) is 13.8 Å². The Morgan fingerprint density at radius 2 is 1.29 bits per heavy atom. The van der Waals surface area contributed by atoms with Crippen LogP contribution in [0, 0.1) is 34.5 Å². The second-order valence-corrected chi connectivity index (χ2v) is 18.8. The second kappa shape index (κ2) is 15.1. The molecule has 0 spiro atoms. The van der Waals surface area contributed by atoms with Crippen molar-refractivity contribution in [2.45, 2.75) is 197 Å². The first-order valence-corrected chi connectivity index (χ1v) is 20.9. The Kier molecular flexibility index (Phi) is 11.1. The molecule has 0 aromatic rings. The van der Waals surface area contributed by atoms with Gasteiger partial charge in [0.05, 0.1) is 54.4 Å². The van der Waals surface area contributed by atoms with E-state index in [-0.39, 0.29) is 61.1 Å². The maximum Gasteiger partial charge on any atom is 0.331 e. The van der Waals surface area contributed by atoms with Crippen molar-refractivity contribution in [2.75, 3.05) is 6.61 Å². The predicted molar refractivity (Wildman–Crippen MR) is 193 cm³/mol. The number of hydrogen-bond acceptors (Lipinski definition) is 14. The summed E-state index contributed by atoms with van der Waals surface area (Å²) >= 11 is 0. The monoisotopic (exact) mass is 780 g/mol. The van der Waals surface area contributed by atoms with Gasteiger partial charge in [0.1, 0.15) is 24.9 Å². The summed E-state index contributed by atoms with van der Waals surface area (Å²) in [5.74, 6) is 0.204. The molecule has 0 bridgehead atoms. The number of esters is 1. The molecule has 7 fully saturated rings. The summed E-state index contributed by atoms with van der Waals surface area (Å²) in [6, 6.07) is 0. The minimum absolute atomic E-state index is 0.0452. The summed E-state index contributed by atoms with van der Waals surface area (Å²) < 4.78 is 42.1. The number of carbonyl (C=O) groups excluding carboxylic acids is 1. The van der Waals surface area contributed by atoms with E-state index in [0.29, 0.717) is 18.8 Å². The average molecular weight is 781 g/mol. The number of carbonyl (C=O) groups is 1. The van der Waals surface area contributed by atoms with E-state index in [1.807, 2.05) is 13.8 Å². The highest BCUT2D eigenvalue weighted by molar-refractivity contribution is 5.85. The first-order valence-electron chi connectivity index (χ1n) is 20.9. The molecule has 55 heavy (non-hydrogen) atoms. The van der Waals surface area contributed by atoms with Crippen LogP contribution in [-0.2, 0) is 38.0 Å². The molecule has 0 unspecified atom stereocenters. The van der Waals surface area contributed by atoms with E-state index in [1.165, 1.54) is 0 Å². The lowest BCUT2D eigenvalue weighted by molar-refractivity contribution is -0.336. The molecule has 8 rings (SSSR count). The van der Waals surface area contributed by atoms with E-state index >= 15 is 0 Å². The minimum atomic E-state index is -1.01. The molecule has 8 aliphatic rings. The second-order valence-electron chi connectivity index (χ2n) is 18.8. The molecule has 21 atom stereocenters. The molecule has 0 amide bonds. The average Bonchev–Trinajstić information content (AvgIpc) is 3.67. The standard InChI is InChI=1S/C41H64O14/c1-19-36(47)28(42)15-34(50-19)54-38-21(3)52-35(17-30(38)44)55-37-20(2)51-33(16-29(37)43)53-24-8-10-39(4)23(13-24)6-7-26-27(39)14-31(45)40(5)25(9-11-41(26,40)48)22-12-32(46)49-18-22/h12,19-21,23-31,33-38,42-45,47-48H,6-11,13-18H2,1-5H3/t19-,20+,21+,23+,24+,25-,26-,27+,28+,29+,30+,31-,33-,34+,35-,36+,37-,38-,39-,40-,41-/m0/s1. The molecule has 6 N–H and O–H groups in total. The van der Waals surface area contributed by atoms with Crippen LogP contribution in [-0.4, -0.2) is 135 Å². The third-order valence-corrected chi connectivity index (χ3v) is 16.0. The molecule has 4 saturated carbocycles. The molecule has 4 aliphatic heterocycles. The summed E-state index contributed by atoms with van der Waals surface area (Å²) in [5, 5.41) is 66.9. The van der Waals surface area contributed by atoms with Gasteiger partial charge in [-0.15, -0.1) is 0 Å². The molecule has 14 nitrogen and oxygen atoms in total. The highest BCUT2D eigenvalue weighted by atomic mass is 16.7. The van der Waals surface area contributed by atoms with Crippen molar-refractivity contribution in [1.29, 1.82) is 0 Å². The minimum Gasteiger partial charge on any atom is -0.458 e. The van der Waals surface area contributed by atoms with Gasteiger partial charge in [0.15, 0.2) is 18.9 Å². The highest BCUT2D eigenvalue weighted by Gasteiger charge is 2.71. The van der Waals surface area contributed by atoms with Crippen molar-refractivity contribution in [3.05, 3.63) is 11.6 Å². The number of cyclic esters (lactones) is 1. The van der Waals surface area contributed by atoms with Crippen LogP contribution < -0.4 is 0 Å². The SMILES string of the molecule is C[C@@H]1O[C@H](O[C@@H]2[C@H](O)C[C@H](O[C@@H]3[C@H](O)C[C@H](O[C@@H]4CC[C@@]5(C)[C@H](CC[C@H]6[C@H]5C[C@H](O)[C@]5(C)[C@H](C7=CC(=O)OC7)CC[C@]65O)C4)O[C@@H]3C)O[C@@H]2C)C[C@@H](O)[C@@H]1O. The zero-order chi connectivity index (χ0) is 39.2. The number of ether oxygens (including phenoxy) is 7. The van der Waals surface area contributed by atoms with Crippen molar-refractivity contribution in [3.63, 3.8) is 0 Å². The van der Waals surface area contributed by atoms with Gasteiger partial charge in [-0.05, 0) is 107 Å². The number of fused-ring (bicyclic) bond motifs is 5. The van der Waals surface area contributed by atoms with Gasteiger partial charge in [-0.3, -0.25) is 0 Å². The zero-order valence-electron chi connectivity index (χ0n) is 32.9. The van der Waals surface area contributed by atoms with E-state index < -0.39 is 90.9 Å². The van der Waals surface area contributed by atoms with Gasteiger partial charge in [0, 0.05) is 30.8 Å². The van der Waals surface area contributed by atoms with E-state index in [2.05, 4.69) is 6.92 Å². The molecule has 3 saturated heterocycles. The Labute approximate surface area is 323 Å². The molecular formula is C41H64O14. The predicted octanol–water partition coefficient (Wildman–Crippen LogP) is 2.22. The Morgan fingerprint density at radius 3 is 1.87 bits per heavy atom. The Bertz CT molecular complexity index is 1410. The Morgan fingerprint density at radius 1 is 0.691 bits per heavy atom. The van der Waals surface area contributed by atoms with Gasteiger partial charge < -0.3 is 63.8 Å². The summed E-state index contributed by atoms with van der Waals surface area (Å²) in [6.07, 6.45) is -1.51. The van der Waals surface area contributed by atoms with Gasteiger partial charge in [-0.25, -0.2) is 4.79 Å². The van der Waals surface area contributed by atoms with E-state index in [0.717, 1.165) is 44.1 Å². The van der Waals surface area contributed by atoms with Gasteiger partial charge in [0.2, 0.25) is 0 Å². The normalized spacial score (nSPS) is 55.5. The van der Waals surface area contributed by atoms with Crippen LogP contribution >= 0.6 is 0 Å². The van der Waals surface area contributed by atoms with Crippen LogP contribution in [0.15, 0.2) is 11.6 Å². The quantitative estimate of drug-likeness (QED) is 0.162. The maximum absolute atomic E-state index is 12.6. The lowest BCUT2D eigenvalue weighted by Gasteiger charge is -2.65. The van der Waals surface area contributed by atoms with E-state index in [4.69, 9.17) is 33.2 Å². The molecular weight excluding hydrogens is 716 g/mol. The van der Waals surface area contributed by atoms with Crippen LogP contribution in [0.2, 0.25) is 0 Å². The molecule has 4 aliphatic carbocycles. The summed E-state index contributed by atoms with van der Waals surface area (Å²) in [6.45, 7) is 9.90. The third-order valence-electron chi connectivity index (χ3n) is 16.0. The maximum atomic E-state index is 12.6. The van der Waals surface area contributed by atoms with Crippen molar-refractivity contribution in [1.82, 2.24) is 0 Å². The van der Waals surface area contributed by atoms with Gasteiger partial charge in [-0.2, -0.15) is 0 Å². The summed E-state index contributed by atoms with van der Waals surface area (Å²) in [4.78, 5) is 11.9. The number of rotatable bonds is 7. The molecule has 312 valence electrons. The number of aliphatic hydroxyl groups is 6. The first-order chi connectivity index (χ1) is 26.0. The number of aliphatic hydroxyl groups excluding tert-OH is 5. The zero-order valence-corrected chi connectivity index (χ0v) is 32.9. The molecule has 14 heteroatoms. The summed E-state index contributed by atoms with van der Waals surface area (Å²) in [7, 11) is 0. The molecule has 0 aromatic heterocycles. The fraction of sp³-hybridized carbons (Fsp3) is 0.927. The fourth-order valence-corrected chi connectivity index (χ4v) is 12.8. The van der Waals surface area contributed by atoms with E-state index in [9.17, 15) is 35.4 Å². The highest BCUT2D eigenvalue weighted by Crippen LogP contribution is 2.70. The van der Waals surface area contributed by atoms with Crippen molar-refractivity contribution in [3.8, 4) is 0 Å². The Balaban J connectivity index is 0.837. The van der Waals surface area contributed by atoms with Crippen LogP contribution in [0.25, 0.3) is 0 Å². The largest absolute Gasteiger partial charge is 0.458 e. The van der Waals surface area contributed by atoms with Crippen molar-refractivity contribution >= 4 is 5.97 Å². The molecule has 0 aromatic carbocycles. The lowest BCUT2D eigenvalue weighted by Crippen LogP contribution is -2.67. The first kappa shape index (κ1) is 40.5. The van der Waals surface area contributed by atoms with Crippen LogP contribution in [0.5, 0.6) is 0 Å². The van der Waals surface area contributed by atoms with Crippen molar-refractivity contribution in [2.24, 2.45) is 34.5 Å². The Hall–Kier alpha value is -1.27. The van der Waals surface area contributed by atoms with Gasteiger partial charge in [0.25, 0.3) is 0 Å². The van der Waals surface area contributed by atoms with Crippen molar-refractivity contribution < 1.29 is 68.6 Å². The topological polar surface area (TPSA) is 203 Å².